The van der Waals surface area contributed by atoms with Gasteiger partial charge in [0.05, 0.1) is 11.1 Å². The molecule has 0 radical (unpaired) electrons. The highest BCUT2D eigenvalue weighted by molar-refractivity contribution is 6.13. The molecule has 2 aromatic rings. The molecule has 5 nitrogen and oxygen atoms in total. The highest BCUT2D eigenvalue weighted by Crippen LogP contribution is 2.38. The zero-order valence-electron chi connectivity index (χ0n) is 12.9. The highest BCUT2D eigenvalue weighted by Gasteiger charge is 2.23. The van der Waals surface area contributed by atoms with E-state index in [1.807, 2.05) is 0 Å². The van der Waals surface area contributed by atoms with Crippen LogP contribution in [0.3, 0.4) is 0 Å². The first-order valence-corrected chi connectivity index (χ1v) is 6.75. The van der Waals surface area contributed by atoms with Crippen molar-refractivity contribution in [2.45, 2.75) is 27.7 Å². The molecular formula is C17H18O5. The third-order valence-corrected chi connectivity index (χ3v) is 3.89. The minimum absolute atomic E-state index is 0.00686. The van der Waals surface area contributed by atoms with Gasteiger partial charge in [0.2, 0.25) is 5.78 Å². The summed E-state index contributed by atoms with van der Waals surface area (Å²) in [4.78, 5) is 12.6. The van der Waals surface area contributed by atoms with E-state index in [2.05, 4.69) is 0 Å². The number of ketones is 1. The van der Waals surface area contributed by atoms with Crippen LogP contribution in [-0.4, -0.2) is 26.2 Å². The fraction of sp³-hybridized carbons (Fsp3) is 0.235. The Morgan fingerprint density at radius 3 is 1.32 bits per heavy atom. The number of hydrogen-bond acceptors (Lipinski definition) is 5. The Kier molecular flexibility index (Phi) is 3.75. The van der Waals surface area contributed by atoms with Crippen molar-refractivity contribution >= 4 is 5.78 Å². The van der Waals surface area contributed by atoms with Gasteiger partial charge in [-0.3, -0.25) is 4.79 Å². The minimum Gasteiger partial charge on any atom is -0.507 e. The van der Waals surface area contributed by atoms with E-state index in [9.17, 15) is 25.2 Å². The van der Waals surface area contributed by atoms with Gasteiger partial charge < -0.3 is 20.4 Å². The van der Waals surface area contributed by atoms with Gasteiger partial charge >= 0.3 is 0 Å². The lowest BCUT2D eigenvalue weighted by molar-refractivity contribution is 0.103. The van der Waals surface area contributed by atoms with Gasteiger partial charge in [-0.1, -0.05) is 0 Å². The van der Waals surface area contributed by atoms with Gasteiger partial charge in [-0.15, -0.1) is 0 Å². The quantitative estimate of drug-likeness (QED) is 0.639. The standard InChI is InChI=1S/C17H18O5/c1-7-5-11(15(20)9(3)13(7)18)17(22)12-6-8(2)14(19)10(4)16(12)21/h5-6,18-21H,1-4H3. The maximum atomic E-state index is 12.6. The smallest absolute Gasteiger partial charge is 0.200 e. The molecule has 0 saturated heterocycles. The zero-order chi connectivity index (χ0) is 16.8. The van der Waals surface area contributed by atoms with Crippen LogP contribution in [0.15, 0.2) is 12.1 Å². The van der Waals surface area contributed by atoms with Crippen LogP contribution in [0, 0.1) is 27.7 Å². The van der Waals surface area contributed by atoms with E-state index in [0.717, 1.165) is 0 Å². The Labute approximate surface area is 128 Å². The second-order valence-electron chi connectivity index (χ2n) is 5.46. The lowest BCUT2D eigenvalue weighted by Crippen LogP contribution is -2.05. The summed E-state index contributed by atoms with van der Waals surface area (Å²) in [5, 5.41) is 39.8. The Balaban J connectivity index is 2.69. The van der Waals surface area contributed by atoms with Crippen molar-refractivity contribution in [3.05, 3.63) is 45.5 Å². The van der Waals surface area contributed by atoms with Crippen molar-refractivity contribution in [2.75, 3.05) is 0 Å². The molecule has 0 saturated carbocycles. The Hall–Kier alpha value is -2.69. The molecule has 22 heavy (non-hydrogen) atoms. The van der Waals surface area contributed by atoms with Gasteiger partial charge in [-0.2, -0.15) is 0 Å². The number of phenols is 4. The summed E-state index contributed by atoms with van der Waals surface area (Å²) in [6, 6.07) is 2.74. The third-order valence-electron chi connectivity index (χ3n) is 3.89. The van der Waals surface area contributed by atoms with Gasteiger partial charge in [-0.05, 0) is 51.0 Å². The second kappa shape index (κ2) is 5.26. The van der Waals surface area contributed by atoms with E-state index in [0.29, 0.717) is 11.1 Å². The van der Waals surface area contributed by atoms with Crippen LogP contribution >= 0.6 is 0 Å². The predicted molar refractivity (Wildman–Crippen MR) is 81.9 cm³/mol. The molecular weight excluding hydrogens is 284 g/mol. The SMILES string of the molecule is Cc1cc(C(=O)c2cc(C)c(O)c(C)c2O)c(O)c(C)c1O. The van der Waals surface area contributed by atoms with E-state index in [-0.39, 0.29) is 45.3 Å². The third kappa shape index (κ3) is 2.24. The topological polar surface area (TPSA) is 98.0 Å². The Morgan fingerprint density at radius 1 is 0.682 bits per heavy atom. The van der Waals surface area contributed by atoms with E-state index >= 15 is 0 Å². The van der Waals surface area contributed by atoms with Crippen molar-refractivity contribution in [1.29, 1.82) is 0 Å². The van der Waals surface area contributed by atoms with Crippen LogP contribution in [0.25, 0.3) is 0 Å². The summed E-state index contributed by atoms with van der Waals surface area (Å²) in [7, 11) is 0. The molecule has 0 aliphatic rings. The van der Waals surface area contributed by atoms with Crippen molar-refractivity contribution in [1.82, 2.24) is 0 Å². The monoisotopic (exact) mass is 302 g/mol. The fourth-order valence-electron chi connectivity index (χ4n) is 2.42. The average molecular weight is 302 g/mol. The molecule has 2 aromatic carbocycles. The van der Waals surface area contributed by atoms with Crippen LogP contribution in [-0.2, 0) is 0 Å². The molecule has 0 atom stereocenters. The molecule has 0 fully saturated rings. The van der Waals surface area contributed by atoms with Crippen LogP contribution < -0.4 is 0 Å². The fourth-order valence-corrected chi connectivity index (χ4v) is 2.42. The number of benzene rings is 2. The molecule has 5 heteroatoms. The van der Waals surface area contributed by atoms with E-state index in [4.69, 9.17) is 0 Å². The molecule has 4 N–H and O–H groups in total. The van der Waals surface area contributed by atoms with E-state index < -0.39 is 5.78 Å². The molecule has 2 rings (SSSR count). The zero-order valence-corrected chi connectivity index (χ0v) is 12.9. The predicted octanol–water partition coefficient (Wildman–Crippen LogP) is 2.97. The lowest BCUT2D eigenvalue weighted by atomic mass is 9.94. The molecule has 0 amide bonds. The molecule has 0 aliphatic carbocycles. The highest BCUT2D eigenvalue weighted by atomic mass is 16.3. The van der Waals surface area contributed by atoms with E-state index in [1.54, 1.807) is 13.8 Å². The Morgan fingerprint density at radius 2 is 1.00 bits per heavy atom. The number of aryl methyl sites for hydroxylation is 2. The molecule has 0 heterocycles. The van der Waals surface area contributed by atoms with Gasteiger partial charge in [0.1, 0.15) is 23.0 Å². The van der Waals surface area contributed by atoms with Crippen LogP contribution in [0.4, 0.5) is 0 Å². The number of phenolic OH excluding ortho intramolecular Hbond substituents is 4. The molecule has 0 aromatic heterocycles. The maximum absolute atomic E-state index is 12.6. The summed E-state index contributed by atoms with van der Waals surface area (Å²) in [5.74, 6) is -1.37. The molecule has 0 unspecified atom stereocenters. The van der Waals surface area contributed by atoms with Crippen molar-refractivity contribution in [3.63, 3.8) is 0 Å². The van der Waals surface area contributed by atoms with Gasteiger partial charge in [-0.25, -0.2) is 0 Å². The Bertz CT molecular complexity index is 725. The number of carbonyl (C=O) groups is 1. The molecule has 0 spiro atoms. The molecule has 0 aliphatic heterocycles. The van der Waals surface area contributed by atoms with Crippen LogP contribution in [0.2, 0.25) is 0 Å². The molecule has 116 valence electrons. The van der Waals surface area contributed by atoms with E-state index in [1.165, 1.54) is 26.0 Å². The summed E-state index contributed by atoms with van der Waals surface area (Å²) in [6.45, 7) is 6.24. The second-order valence-corrected chi connectivity index (χ2v) is 5.46. The normalized spacial score (nSPS) is 10.7. The average Bonchev–Trinajstić information content (AvgIpc) is 2.49. The summed E-state index contributed by atoms with van der Waals surface area (Å²) >= 11 is 0. The number of rotatable bonds is 2. The molecule has 0 bridgehead atoms. The lowest BCUT2D eigenvalue weighted by Gasteiger charge is -2.14. The van der Waals surface area contributed by atoms with Crippen LogP contribution in [0.5, 0.6) is 23.0 Å². The first kappa shape index (κ1) is 15.7. The summed E-state index contributed by atoms with van der Waals surface area (Å²) in [5.41, 5.74) is 1.29. The number of aromatic hydroxyl groups is 4. The van der Waals surface area contributed by atoms with Crippen molar-refractivity contribution in [2.24, 2.45) is 0 Å². The van der Waals surface area contributed by atoms with Gasteiger partial charge in [0, 0.05) is 11.1 Å². The largest absolute Gasteiger partial charge is 0.507 e. The first-order valence-electron chi connectivity index (χ1n) is 6.75. The van der Waals surface area contributed by atoms with Gasteiger partial charge in [0.25, 0.3) is 0 Å². The van der Waals surface area contributed by atoms with Crippen LogP contribution in [0.1, 0.15) is 38.2 Å². The number of carbonyl (C=O) groups excluding carboxylic acids is 1. The first-order chi connectivity index (χ1) is 10.2. The minimum atomic E-state index is -0.576. The summed E-state index contributed by atoms with van der Waals surface area (Å²) < 4.78 is 0. The van der Waals surface area contributed by atoms with Crippen molar-refractivity contribution in [3.8, 4) is 23.0 Å². The maximum Gasteiger partial charge on any atom is 0.200 e. The van der Waals surface area contributed by atoms with Gasteiger partial charge in [0.15, 0.2) is 0 Å². The number of hydrogen-bond donors (Lipinski definition) is 4. The van der Waals surface area contributed by atoms with Crippen molar-refractivity contribution < 1.29 is 25.2 Å². The summed E-state index contributed by atoms with van der Waals surface area (Å²) in [6.07, 6.45) is 0.